The number of nitrogens with zero attached hydrogens (tertiary/aromatic N) is 2. The second-order valence-electron chi connectivity index (χ2n) is 3.06. The fourth-order valence-electron chi connectivity index (χ4n) is 0.965. The smallest absolute Gasteiger partial charge is 0.115 e. The van der Waals surface area contributed by atoms with E-state index in [1.165, 1.54) is 6.33 Å². The van der Waals surface area contributed by atoms with Crippen LogP contribution in [-0.4, -0.2) is 27.7 Å². The molecule has 2 N–H and O–H groups in total. The lowest BCUT2D eigenvalue weighted by molar-refractivity contribution is 0.183. The van der Waals surface area contributed by atoms with Crippen LogP contribution in [0.15, 0.2) is 18.7 Å². The minimum absolute atomic E-state index is 0.237. The maximum atomic E-state index is 8.98. The van der Waals surface area contributed by atoms with E-state index in [-0.39, 0.29) is 6.10 Å². The molecule has 0 spiro atoms. The highest BCUT2D eigenvalue weighted by Gasteiger charge is 1.95. The molecule has 0 aliphatic rings. The number of aliphatic hydroxyl groups is 1. The Morgan fingerprint density at radius 3 is 2.77 bits per heavy atom. The molecule has 0 saturated carbocycles. The summed E-state index contributed by atoms with van der Waals surface area (Å²) in [5.41, 5.74) is 1.06. The van der Waals surface area contributed by atoms with Gasteiger partial charge in [0.05, 0.1) is 6.10 Å². The molecule has 13 heavy (non-hydrogen) atoms. The van der Waals surface area contributed by atoms with Gasteiger partial charge in [-0.2, -0.15) is 0 Å². The van der Waals surface area contributed by atoms with Gasteiger partial charge in [0.15, 0.2) is 0 Å². The summed E-state index contributed by atoms with van der Waals surface area (Å²) in [7, 11) is 0. The molecule has 1 heterocycles. The van der Waals surface area contributed by atoms with Gasteiger partial charge in [0.25, 0.3) is 0 Å². The Labute approximate surface area is 78.0 Å². The topological polar surface area (TPSA) is 58.0 Å². The average molecular weight is 181 g/mol. The molecule has 0 bridgehead atoms. The highest BCUT2D eigenvalue weighted by atomic mass is 16.3. The average Bonchev–Trinajstić information content (AvgIpc) is 2.14. The van der Waals surface area contributed by atoms with E-state index in [0.29, 0.717) is 0 Å². The van der Waals surface area contributed by atoms with Gasteiger partial charge in [-0.15, -0.1) is 0 Å². The van der Waals surface area contributed by atoms with Crippen LogP contribution in [0.2, 0.25) is 0 Å². The second kappa shape index (κ2) is 5.61. The molecule has 1 aromatic heterocycles. The monoisotopic (exact) mass is 181 g/mol. The highest BCUT2D eigenvalue weighted by molar-refractivity contribution is 5.01. The van der Waals surface area contributed by atoms with Gasteiger partial charge < -0.3 is 10.4 Å². The summed E-state index contributed by atoms with van der Waals surface area (Å²) in [5, 5.41) is 12.2. The first kappa shape index (κ1) is 10.1. The molecule has 0 saturated heterocycles. The van der Waals surface area contributed by atoms with Crippen LogP contribution < -0.4 is 5.32 Å². The molecule has 4 nitrogen and oxygen atoms in total. The van der Waals surface area contributed by atoms with Crippen LogP contribution in [0.5, 0.6) is 0 Å². The fourth-order valence-corrected chi connectivity index (χ4v) is 0.965. The number of hydrogen-bond donors (Lipinski definition) is 2. The maximum Gasteiger partial charge on any atom is 0.115 e. The van der Waals surface area contributed by atoms with E-state index in [9.17, 15) is 0 Å². The van der Waals surface area contributed by atoms with Gasteiger partial charge in [-0.25, -0.2) is 9.97 Å². The maximum absolute atomic E-state index is 8.98. The molecule has 0 fully saturated rings. The minimum Gasteiger partial charge on any atom is -0.393 e. The zero-order valence-corrected chi connectivity index (χ0v) is 7.77. The molecular formula is C9H15N3O. The number of nitrogens with one attached hydrogen (secondary N) is 1. The van der Waals surface area contributed by atoms with Gasteiger partial charge in [-0.1, -0.05) is 0 Å². The molecule has 1 unspecified atom stereocenters. The van der Waals surface area contributed by atoms with Gasteiger partial charge in [0, 0.05) is 24.5 Å². The molecular weight excluding hydrogens is 166 g/mol. The Balaban J connectivity index is 2.13. The molecule has 1 aromatic rings. The van der Waals surface area contributed by atoms with Gasteiger partial charge in [0.1, 0.15) is 6.33 Å². The van der Waals surface area contributed by atoms with E-state index in [4.69, 9.17) is 5.11 Å². The first-order valence-electron chi connectivity index (χ1n) is 4.41. The molecule has 0 aliphatic carbocycles. The predicted octanol–water partition coefficient (Wildman–Crippen LogP) is 0.337. The van der Waals surface area contributed by atoms with Crippen molar-refractivity contribution in [2.75, 3.05) is 6.54 Å². The van der Waals surface area contributed by atoms with Crippen molar-refractivity contribution in [2.45, 2.75) is 26.0 Å². The van der Waals surface area contributed by atoms with Crippen LogP contribution in [0.25, 0.3) is 0 Å². The molecule has 72 valence electrons. The third-order valence-corrected chi connectivity index (χ3v) is 1.68. The van der Waals surface area contributed by atoms with Crippen LogP contribution in [0, 0.1) is 0 Å². The normalized spacial score (nSPS) is 12.8. The van der Waals surface area contributed by atoms with Crippen LogP contribution in [-0.2, 0) is 6.54 Å². The zero-order chi connectivity index (χ0) is 9.52. The van der Waals surface area contributed by atoms with E-state index < -0.39 is 0 Å². The van der Waals surface area contributed by atoms with Crippen molar-refractivity contribution < 1.29 is 5.11 Å². The van der Waals surface area contributed by atoms with Gasteiger partial charge >= 0.3 is 0 Å². The summed E-state index contributed by atoms with van der Waals surface area (Å²) in [6, 6.07) is 0. The van der Waals surface area contributed by atoms with E-state index in [2.05, 4.69) is 15.3 Å². The third-order valence-electron chi connectivity index (χ3n) is 1.68. The van der Waals surface area contributed by atoms with E-state index in [1.54, 1.807) is 19.3 Å². The number of aromatic nitrogens is 2. The van der Waals surface area contributed by atoms with Crippen molar-refractivity contribution in [1.29, 1.82) is 0 Å². The van der Waals surface area contributed by atoms with Gasteiger partial charge in [-0.05, 0) is 19.9 Å². The van der Waals surface area contributed by atoms with Crippen molar-refractivity contribution in [3.63, 3.8) is 0 Å². The lowest BCUT2D eigenvalue weighted by Gasteiger charge is -2.05. The summed E-state index contributed by atoms with van der Waals surface area (Å²) in [5.74, 6) is 0. The minimum atomic E-state index is -0.237. The van der Waals surface area contributed by atoms with Crippen molar-refractivity contribution in [3.05, 3.63) is 24.3 Å². The lowest BCUT2D eigenvalue weighted by Crippen LogP contribution is -2.18. The Morgan fingerprint density at radius 1 is 1.46 bits per heavy atom. The van der Waals surface area contributed by atoms with E-state index in [1.807, 2.05) is 0 Å². The van der Waals surface area contributed by atoms with Crippen molar-refractivity contribution in [2.24, 2.45) is 0 Å². The van der Waals surface area contributed by atoms with Gasteiger partial charge in [0.2, 0.25) is 0 Å². The number of rotatable bonds is 5. The van der Waals surface area contributed by atoms with Crippen molar-refractivity contribution in [1.82, 2.24) is 15.3 Å². The number of hydrogen-bond acceptors (Lipinski definition) is 4. The number of aliphatic hydroxyl groups excluding tert-OH is 1. The first-order valence-corrected chi connectivity index (χ1v) is 4.41. The van der Waals surface area contributed by atoms with E-state index >= 15 is 0 Å². The Hall–Kier alpha value is -1.00. The Bertz CT molecular complexity index is 226. The summed E-state index contributed by atoms with van der Waals surface area (Å²) in [6.07, 6.45) is 5.61. The predicted molar refractivity (Wildman–Crippen MR) is 50.0 cm³/mol. The Morgan fingerprint density at radius 2 is 2.15 bits per heavy atom. The van der Waals surface area contributed by atoms with Crippen molar-refractivity contribution >= 4 is 0 Å². The largest absolute Gasteiger partial charge is 0.393 e. The summed E-state index contributed by atoms with van der Waals surface area (Å²) < 4.78 is 0. The fraction of sp³-hybridized carbons (Fsp3) is 0.556. The van der Waals surface area contributed by atoms with Crippen LogP contribution in [0.3, 0.4) is 0 Å². The van der Waals surface area contributed by atoms with Crippen molar-refractivity contribution in [3.8, 4) is 0 Å². The van der Waals surface area contributed by atoms with Gasteiger partial charge in [-0.3, -0.25) is 0 Å². The summed E-state index contributed by atoms with van der Waals surface area (Å²) in [4.78, 5) is 7.80. The molecule has 0 aliphatic heterocycles. The lowest BCUT2D eigenvalue weighted by atomic mass is 10.3. The third kappa shape index (κ3) is 4.55. The molecule has 0 amide bonds. The highest BCUT2D eigenvalue weighted by Crippen LogP contribution is 1.92. The summed E-state index contributed by atoms with van der Waals surface area (Å²) >= 11 is 0. The quantitative estimate of drug-likeness (QED) is 0.643. The standard InChI is InChI=1S/C9H15N3O/c1-8(13)2-3-10-4-9-5-11-7-12-6-9/h5-8,10,13H,2-4H2,1H3. The molecule has 4 heteroatoms. The second-order valence-corrected chi connectivity index (χ2v) is 3.06. The zero-order valence-electron chi connectivity index (χ0n) is 7.77. The molecule has 0 radical (unpaired) electrons. The molecule has 1 rings (SSSR count). The van der Waals surface area contributed by atoms with Crippen LogP contribution in [0.1, 0.15) is 18.9 Å². The molecule has 1 atom stereocenters. The molecule has 0 aromatic carbocycles. The van der Waals surface area contributed by atoms with Crippen LogP contribution >= 0.6 is 0 Å². The first-order chi connectivity index (χ1) is 6.29. The van der Waals surface area contributed by atoms with Crippen LogP contribution in [0.4, 0.5) is 0 Å². The Kier molecular flexibility index (Phi) is 4.35. The SMILES string of the molecule is CC(O)CCNCc1cncnc1. The van der Waals surface area contributed by atoms with E-state index in [0.717, 1.165) is 25.1 Å². The summed E-state index contributed by atoms with van der Waals surface area (Å²) in [6.45, 7) is 3.35.